The van der Waals surface area contributed by atoms with Crippen molar-refractivity contribution in [3.8, 4) is 10.6 Å². The largest absolute Gasteiger partial charge is 0.289 e. The van der Waals surface area contributed by atoms with Crippen LogP contribution in [0.5, 0.6) is 0 Å². The zero-order valence-electron chi connectivity index (χ0n) is 12.2. The lowest BCUT2D eigenvalue weighted by atomic mass is 10.1. The molecule has 2 heterocycles. The Morgan fingerprint density at radius 2 is 1.74 bits per heavy atom. The number of amides is 2. The molecule has 3 aromatic rings. The number of hydrogen-bond acceptors (Lipinski definition) is 5. The molecule has 0 unspecified atom stereocenters. The standard InChI is InChI=1S/C16H13N3O2S2/c1-10-2-4-11(5-3-10)14(20)18-19-15(21)13-9-23-16(17-13)12-6-7-22-8-12/h2-9H,1H3,(H,18,20)(H,19,21). The van der Waals surface area contributed by atoms with Crippen molar-refractivity contribution in [1.29, 1.82) is 0 Å². The maximum Gasteiger partial charge on any atom is 0.289 e. The van der Waals surface area contributed by atoms with Crippen LogP contribution in [0.4, 0.5) is 0 Å². The molecule has 3 rings (SSSR count). The fourth-order valence-corrected chi connectivity index (χ4v) is 3.36. The Hall–Kier alpha value is -2.51. The van der Waals surface area contributed by atoms with E-state index in [1.807, 2.05) is 35.9 Å². The molecule has 0 spiro atoms. The summed E-state index contributed by atoms with van der Waals surface area (Å²) in [6, 6.07) is 9.03. The molecule has 2 aromatic heterocycles. The molecule has 0 aliphatic rings. The SMILES string of the molecule is Cc1ccc(C(=O)NNC(=O)c2csc(-c3ccsc3)n2)cc1. The van der Waals surface area contributed by atoms with Crippen molar-refractivity contribution in [1.82, 2.24) is 15.8 Å². The minimum absolute atomic E-state index is 0.278. The van der Waals surface area contributed by atoms with E-state index in [4.69, 9.17) is 0 Å². The lowest BCUT2D eigenvalue weighted by molar-refractivity contribution is 0.0844. The summed E-state index contributed by atoms with van der Waals surface area (Å²) in [7, 11) is 0. The maximum atomic E-state index is 12.0. The summed E-state index contributed by atoms with van der Waals surface area (Å²) in [6.07, 6.45) is 0. The first-order valence-corrected chi connectivity index (χ1v) is 8.61. The number of hydrazine groups is 1. The Kier molecular flexibility index (Phi) is 4.50. The van der Waals surface area contributed by atoms with Gasteiger partial charge in [-0.05, 0) is 30.5 Å². The molecule has 0 bridgehead atoms. The van der Waals surface area contributed by atoms with Crippen molar-refractivity contribution in [2.45, 2.75) is 6.92 Å². The number of aryl methyl sites for hydroxylation is 1. The normalized spacial score (nSPS) is 10.3. The molecule has 0 saturated carbocycles. The monoisotopic (exact) mass is 343 g/mol. The Labute approximate surface area is 141 Å². The first kappa shape index (κ1) is 15.4. The molecule has 23 heavy (non-hydrogen) atoms. The van der Waals surface area contributed by atoms with Crippen LogP contribution in [0.2, 0.25) is 0 Å². The second kappa shape index (κ2) is 6.72. The summed E-state index contributed by atoms with van der Waals surface area (Å²) < 4.78 is 0. The zero-order valence-corrected chi connectivity index (χ0v) is 13.8. The van der Waals surface area contributed by atoms with Crippen LogP contribution < -0.4 is 10.9 Å². The van der Waals surface area contributed by atoms with Crippen LogP contribution in [0.3, 0.4) is 0 Å². The van der Waals surface area contributed by atoms with E-state index in [9.17, 15) is 9.59 Å². The number of carbonyl (C=O) groups excluding carboxylic acids is 2. The van der Waals surface area contributed by atoms with E-state index in [-0.39, 0.29) is 11.6 Å². The second-order valence-electron chi connectivity index (χ2n) is 4.82. The molecule has 5 nitrogen and oxygen atoms in total. The van der Waals surface area contributed by atoms with E-state index < -0.39 is 5.91 Å². The number of hydrogen-bond donors (Lipinski definition) is 2. The Balaban J connectivity index is 1.61. The number of carbonyl (C=O) groups is 2. The van der Waals surface area contributed by atoms with Crippen molar-refractivity contribution < 1.29 is 9.59 Å². The third kappa shape index (κ3) is 3.64. The fraction of sp³-hybridized carbons (Fsp3) is 0.0625. The van der Waals surface area contributed by atoms with Crippen LogP contribution in [-0.2, 0) is 0 Å². The molecule has 0 radical (unpaired) electrons. The van der Waals surface area contributed by atoms with Crippen LogP contribution in [-0.4, -0.2) is 16.8 Å². The third-order valence-electron chi connectivity index (χ3n) is 3.11. The van der Waals surface area contributed by atoms with Crippen LogP contribution in [0, 0.1) is 6.92 Å². The molecule has 0 atom stereocenters. The van der Waals surface area contributed by atoms with Gasteiger partial charge >= 0.3 is 0 Å². The molecule has 0 aliphatic carbocycles. The average Bonchev–Trinajstić information content (AvgIpc) is 3.23. The molecule has 0 fully saturated rings. The highest BCUT2D eigenvalue weighted by Crippen LogP contribution is 2.25. The Morgan fingerprint density at radius 3 is 2.43 bits per heavy atom. The summed E-state index contributed by atoms with van der Waals surface area (Å²) in [6.45, 7) is 1.94. The molecule has 7 heteroatoms. The number of thiophene rings is 1. The van der Waals surface area contributed by atoms with Crippen LogP contribution >= 0.6 is 22.7 Å². The summed E-state index contributed by atoms with van der Waals surface area (Å²) in [5, 5.41) is 6.37. The van der Waals surface area contributed by atoms with Gasteiger partial charge in [0.1, 0.15) is 10.7 Å². The van der Waals surface area contributed by atoms with E-state index in [0.29, 0.717) is 5.56 Å². The topological polar surface area (TPSA) is 71.1 Å². The highest BCUT2D eigenvalue weighted by molar-refractivity contribution is 7.14. The minimum atomic E-state index is -0.441. The van der Waals surface area contributed by atoms with Crippen molar-refractivity contribution in [2.75, 3.05) is 0 Å². The highest BCUT2D eigenvalue weighted by atomic mass is 32.1. The van der Waals surface area contributed by atoms with E-state index in [0.717, 1.165) is 16.1 Å². The predicted octanol–water partition coefficient (Wildman–Crippen LogP) is 3.25. The van der Waals surface area contributed by atoms with Gasteiger partial charge in [-0.25, -0.2) is 4.98 Å². The van der Waals surface area contributed by atoms with E-state index in [1.54, 1.807) is 28.8 Å². The Bertz CT molecular complexity index is 823. The molecule has 0 aliphatic heterocycles. The fourth-order valence-electron chi connectivity index (χ4n) is 1.85. The van der Waals surface area contributed by atoms with Gasteiger partial charge in [0.15, 0.2) is 0 Å². The van der Waals surface area contributed by atoms with Gasteiger partial charge in [-0.2, -0.15) is 11.3 Å². The van der Waals surface area contributed by atoms with Crippen molar-refractivity contribution >= 4 is 34.5 Å². The Morgan fingerprint density at radius 1 is 1.00 bits per heavy atom. The van der Waals surface area contributed by atoms with Crippen molar-refractivity contribution in [3.63, 3.8) is 0 Å². The summed E-state index contributed by atoms with van der Waals surface area (Å²) in [5.41, 5.74) is 7.58. The van der Waals surface area contributed by atoms with Crippen LogP contribution in [0.1, 0.15) is 26.4 Å². The zero-order chi connectivity index (χ0) is 16.2. The average molecular weight is 343 g/mol. The molecular formula is C16H13N3O2S2. The van der Waals surface area contributed by atoms with E-state index >= 15 is 0 Å². The molecule has 116 valence electrons. The van der Waals surface area contributed by atoms with Crippen LogP contribution in [0.15, 0.2) is 46.5 Å². The molecule has 2 amide bonds. The van der Waals surface area contributed by atoms with Gasteiger partial charge in [0.25, 0.3) is 11.8 Å². The van der Waals surface area contributed by atoms with Gasteiger partial charge in [0.05, 0.1) is 0 Å². The lowest BCUT2D eigenvalue weighted by Gasteiger charge is -2.06. The van der Waals surface area contributed by atoms with Crippen molar-refractivity contribution in [2.24, 2.45) is 0 Å². The summed E-state index contributed by atoms with van der Waals surface area (Å²) in [4.78, 5) is 28.3. The maximum absolute atomic E-state index is 12.0. The highest BCUT2D eigenvalue weighted by Gasteiger charge is 2.13. The molecular weight excluding hydrogens is 330 g/mol. The predicted molar refractivity (Wildman–Crippen MR) is 91.5 cm³/mol. The first-order chi connectivity index (χ1) is 11.1. The second-order valence-corrected chi connectivity index (χ2v) is 6.46. The number of aromatic nitrogens is 1. The first-order valence-electron chi connectivity index (χ1n) is 6.79. The van der Waals surface area contributed by atoms with Gasteiger partial charge in [-0.1, -0.05) is 17.7 Å². The third-order valence-corrected chi connectivity index (χ3v) is 4.68. The number of nitrogens with zero attached hydrogens (tertiary/aromatic N) is 1. The number of rotatable bonds is 3. The molecule has 2 N–H and O–H groups in total. The minimum Gasteiger partial charge on any atom is -0.267 e. The van der Waals surface area contributed by atoms with Gasteiger partial charge in [-0.15, -0.1) is 11.3 Å². The molecule has 1 aromatic carbocycles. The van der Waals surface area contributed by atoms with Crippen LogP contribution in [0.25, 0.3) is 10.6 Å². The summed E-state index contributed by atoms with van der Waals surface area (Å²) in [5.74, 6) is -0.810. The lowest BCUT2D eigenvalue weighted by Crippen LogP contribution is -2.41. The quantitative estimate of drug-likeness (QED) is 0.717. The summed E-state index contributed by atoms with van der Waals surface area (Å²) >= 11 is 2.96. The molecule has 0 saturated heterocycles. The van der Waals surface area contributed by atoms with Gasteiger partial charge in [0.2, 0.25) is 0 Å². The number of nitrogens with one attached hydrogen (secondary N) is 2. The van der Waals surface area contributed by atoms with E-state index in [1.165, 1.54) is 11.3 Å². The number of thiazole rings is 1. The van der Waals surface area contributed by atoms with Crippen molar-refractivity contribution in [3.05, 3.63) is 63.3 Å². The van der Waals surface area contributed by atoms with Gasteiger partial charge < -0.3 is 0 Å². The smallest absolute Gasteiger partial charge is 0.267 e. The van der Waals surface area contributed by atoms with Gasteiger partial charge in [0, 0.05) is 21.9 Å². The number of benzene rings is 1. The van der Waals surface area contributed by atoms with Gasteiger partial charge in [-0.3, -0.25) is 20.4 Å². The van der Waals surface area contributed by atoms with E-state index in [2.05, 4.69) is 15.8 Å².